The summed E-state index contributed by atoms with van der Waals surface area (Å²) >= 11 is 1.91. The summed E-state index contributed by atoms with van der Waals surface area (Å²) in [6, 6.07) is -0.112. The van der Waals surface area contributed by atoms with Crippen molar-refractivity contribution in [1.29, 1.82) is 0 Å². The molecule has 0 aromatic carbocycles. The predicted molar refractivity (Wildman–Crippen MR) is 73.2 cm³/mol. The Morgan fingerprint density at radius 1 is 1.35 bits per heavy atom. The van der Waals surface area contributed by atoms with Crippen molar-refractivity contribution >= 4 is 17.7 Å². The molecule has 1 N–H and O–H groups in total. The molecule has 100 valence electrons. The van der Waals surface area contributed by atoms with Gasteiger partial charge in [0.2, 0.25) is 0 Å². The first kappa shape index (κ1) is 14.8. The van der Waals surface area contributed by atoms with Gasteiger partial charge in [-0.1, -0.05) is 39.5 Å². The topological polar surface area (TPSA) is 38.3 Å². The standard InChI is InChI=1S/C13H25NO2S/c1-4-6-8-13(9-7-5-2)14-11(10-17-13)12(15)16-3/h11,14H,4-10H2,1-3H3/t11-/m0/s1. The van der Waals surface area contributed by atoms with Crippen molar-refractivity contribution in [1.82, 2.24) is 5.32 Å². The number of carbonyl (C=O) groups is 1. The minimum Gasteiger partial charge on any atom is -0.468 e. The van der Waals surface area contributed by atoms with E-state index in [2.05, 4.69) is 19.2 Å². The van der Waals surface area contributed by atoms with E-state index >= 15 is 0 Å². The molecule has 1 aliphatic rings. The molecule has 0 saturated carbocycles. The molecule has 0 aromatic heterocycles. The summed E-state index contributed by atoms with van der Waals surface area (Å²) in [6.07, 6.45) is 7.16. The number of hydrogen-bond acceptors (Lipinski definition) is 4. The van der Waals surface area contributed by atoms with Gasteiger partial charge in [-0.2, -0.15) is 0 Å². The third-order valence-corrected chi connectivity index (χ3v) is 4.90. The van der Waals surface area contributed by atoms with Crippen LogP contribution in [-0.4, -0.2) is 29.7 Å². The largest absolute Gasteiger partial charge is 0.468 e. The maximum atomic E-state index is 11.6. The van der Waals surface area contributed by atoms with Crippen LogP contribution in [0.1, 0.15) is 52.4 Å². The molecule has 1 heterocycles. The van der Waals surface area contributed by atoms with Crippen molar-refractivity contribution < 1.29 is 9.53 Å². The van der Waals surface area contributed by atoms with Crippen molar-refractivity contribution in [3.63, 3.8) is 0 Å². The zero-order valence-electron chi connectivity index (χ0n) is 11.3. The number of esters is 1. The Bertz CT molecular complexity index is 238. The Balaban J connectivity index is 2.56. The first-order chi connectivity index (χ1) is 8.17. The average Bonchev–Trinajstić information content (AvgIpc) is 2.78. The molecule has 0 unspecified atom stereocenters. The second-order valence-electron chi connectivity index (χ2n) is 4.73. The van der Waals surface area contributed by atoms with Gasteiger partial charge >= 0.3 is 5.97 Å². The van der Waals surface area contributed by atoms with E-state index in [9.17, 15) is 4.79 Å². The van der Waals surface area contributed by atoms with E-state index in [0.29, 0.717) is 0 Å². The fourth-order valence-electron chi connectivity index (χ4n) is 2.25. The van der Waals surface area contributed by atoms with Gasteiger partial charge in [-0.05, 0) is 12.8 Å². The molecule has 0 radical (unpaired) electrons. The van der Waals surface area contributed by atoms with E-state index in [0.717, 1.165) is 18.6 Å². The number of thioether (sulfide) groups is 1. The summed E-state index contributed by atoms with van der Waals surface area (Å²) in [6.45, 7) is 4.43. The Hall–Kier alpha value is -0.220. The quantitative estimate of drug-likeness (QED) is 0.713. The summed E-state index contributed by atoms with van der Waals surface area (Å²) in [5, 5.41) is 3.51. The Labute approximate surface area is 109 Å². The molecule has 1 saturated heterocycles. The number of ether oxygens (including phenoxy) is 1. The lowest BCUT2D eigenvalue weighted by Crippen LogP contribution is -2.45. The molecule has 0 spiro atoms. The highest BCUT2D eigenvalue weighted by Gasteiger charge is 2.41. The molecule has 1 rings (SSSR count). The van der Waals surface area contributed by atoms with Crippen molar-refractivity contribution in [2.75, 3.05) is 12.9 Å². The van der Waals surface area contributed by atoms with Crippen molar-refractivity contribution in [3.8, 4) is 0 Å². The number of carbonyl (C=O) groups excluding carboxylic acids is 1. The number of rotatable bonds is 7. The highest BCUT2D eigenvalue weighted by molar-refractivity contribution is 8.00. The van der Waals surface area contributed by atoms with Crippen LogP contribution in [0.2, 0.25) is 0 Å². The molecule has 1 fully saturated rings. The van der Waals surface area contributed by atoms with Crippen molar-refractivity contribution in [2.45, 2.75) is 63.3 Å². The van der Waals surface area contributed by atoms with Crippen LogP contribution in [0.15, 0.2) is 0 Å². The maximum absolute atomic E-state index is 11.6. The number of unbranched alkanes of at least 4 members (excludes halogenated alkanes) is 2. The molecular weight excluding hydrogens is 234 g/mol. The van der Waals surface area contributed by atoms with E-state index < -0.39 is 0 Å². The first-order valence-electron chi connectivity index (χ1n) is 6.67. The minimum atomic E-state index is -0.118. The molecule has 1 atom stereocenters. The van der Waals surface area contributed by atoms with E-state index in [4.69, 9.17) is 4.74 Å². The molecular formula is C13H25NO2S. The SMILES string of the molecule is CCCCC1(CCCC)N[C@H](C(=O)OC)CS1. The maximum Gasteiger partial charge on any atom is 0.323 e. The van der Waals surface area contributed by atoms with Gasteiger partial charge in [-0.15, -0.1) is 11.8 Å². The molecule has 1 aliphatic heterocycles. The first-order valence-corrected chi connectivity index (χ1v) is 7.65. The summed E-state index contributed by atoms with van der Waals surface area (Å²) < 4.78 is 4.82. The van der Waals surface area contributed by atoms with Gasteiger partial charge < -0.3 is 4.74 Å². The van der Waals surface area contributed by atoms with Gasteiger partial charge in [0.25, 0.3) is 0 Å². The molecule has 0 amide bonds. The normalized spacial score (nSPS) is 22.6. The Morgan fingerprint density at radius 2 is 1.94 bits per heavy atom. The van der Waals surface area contributed by atoms with Gasteiger partial charge in [0.05, 0.1) is 12.0 Å². The Morgan fingerprint density at radius 3 is 2.41 bits per heavy atom. The summed E-state index contributed by atoms with van der Waals surface area (Å²) in [5.41, 5.74) is 0. The van der Waals surface area contributed by atoms with Gasteiger partial charge in [-0.25, -0.2) is 0 Å². The molecule has 3 nitrogen and oxygen atoms in total. The van der Waals surface area contributed by atoms with Crippen LogP contribution in [0.5, 0.6) is 0 Å². The molecule has 0 aromatic rings. The van der Waals surface area contributed by atoms with Crippen LogP contribution in [0.3, 0.4) is 0 Å². The van der Waals surface area contributed by atoms with Crippen molar-refractivity contribution in [2.24, 2.45) is 0 Å². The minimum absolute atomic E-state index is 0.112. The second kappa shape index (κ2) is 7.27. The number of methoxy groups -OCH3 is 1. The average molecular weight is 259 g/mol. The van der Waals surface area contributed by atoms with E-state index in [-0.39, 0.29) is 16.9 Å². The fraction of sp³-hybridized carbons (Fsp3) is 0.923. The second-order valence-corrected chi connectivity index (χ2v) is 6.14. The van der Waals surface area contributed by atoms with E-state index in [1.165, 1.54) is 32.8 Å². The van der Waals surface area contributed by atoms with Crippen molar-refractivity contribution in [3.05, 3.63) is 0 Å². The third-order valence-electron chi connectivity index (χ3n) is 3.32. The van der Waals surface area contributed by atoms with Crippen LogP contribution in [0, 0.1) is 0 Å². The van der Waals surface area contributed by atoms with Crippen LogP contribution in [-0.2, 0) is 9.53 Å². The van der Waals surface area contributed by atoms with Gasteiger partial charge in [0, 0.05) is 5.75 Å². The Kier molecular flexibility index (Phi) is 6.34. The third kappa shape index (κ3) is 4.18. The lowest BCUT2D eigenvalue weighted by molar-refractivity contribution is -0.142. The van der Waals surface area contributed by atoms with Crippen LogP contribution < -0.4 is 5.32 Å². The zero-order chi connectivity index (χ0) is 12.7. The molecule has 17 heavy (non-hydrogen) atoms. The highest BCUT2D eigenvalue weighted by Crippen LogP contribution is 2.39. The lowest BCUT2D eigenvalue weighted by atomic mass is 10.0. The van der Waals surface area contributed by atoms with Gasteiger partial charge in [0.1, 0.15) is 6.04 Å². The molecule has 0 bridgehead atoms. The number of nitrogens with one attached hydrogen (secondary N) is 1. The van der Waals surface area contributed by atoms with Gasteiger partial charge in [-0.3, -0.25) is 10.1 Å². The smallest absolute Gasteiger partial charge is 0.323 e. The van der Waals surface area contributed by atoms with Crippen LogP contribution >= 0.6 is 11.8 Å². The number of hydrogen-bond donors (Lipinski definition) is 1. The van der Waals surface area contributed by atoms with E-state index in [1.807, 2.05) is 11.8 Å². The summed E-state index contributed by atoms with van der Waals surface area (Å²) in [4.78, 5) is 11.7. The van der Waals surface area contributed by atoms with Crippen LogP contribution in [0.25, 0.3) is 0 Å². The van der Waals surface area contributed by atoms with Gasteiger partial charge in [0.15, 0.2) is 0 Å². The lowest BCUT2D eigenvalue weighted by Gasteiger charge is -2.29. The zero-order valence-corrected chi connectivity index (χ0v) is 12.1. The molecule has 0 aliphatic carbocycles. The summed E-state index contributed by atoms with van der Waals surface area (Å²) in [7, 11) is 1.47. The highest BCUT2D eigenvalue weighted by atomic mass is 32.2. The predicted octanol–water partition coefficient (Wildman–Crippen LogP) is 2.94. The monoisotopic (exact) mass is 259 g/mol. The van der Waals surface area contributed by atoms with E-state index in [1.54, 1.807) is 0 Å². The van der Waals surface area contributed by atoms with Crippen LogP contribution in [0.4, 0.5) is 0 Å². The molecule has 4 heteroatoms. The summed E-state index contributed by atoms with van der Waals surface area (Å²) in [5.74, 6) is 0.729. The fourth-order valence-corrected chi connectivity index (χ4v) is 3.76.